The molecule has 13 aromatic rings. The van der Waals surface area contributed by atoms with E-state index >= 15 is 0 Å². The number of nitrogens with zero attached hydrogens (tertiary/aromatic N) is 4. The van der Waals surface area contributed by atoms with Crippen LogP contribution in [0.25, 0.3) is 126 Å². The zero-order valence-corrected chi connectivity index (χ0v) is 35.1. The molecule has 65 heavy (non-hydrogen) atoms. The van der Waals surface area contributed by atoms with E-state index in [4.69, 9.17) is 9.97 Å². The third-order valence-electron chi connectivity index (χ3n) is 13.3. The van der Waals surface area contributed by atoms with E-state index in [9.17, 15) is 5.26 Å². The van der Waals surface area contributed by atoms with Gasteiger partial charge in [-0.3, -0.25) is 9.97 Å². The molecule has 0 fully saturated rings. The van der Waals surface area contributed by atoms with Gasteiger partial charge in [0.05, 0.1) is 34.1 Å². The lowest BCUT2D eigenvalue weighted by Gasteiger charge is -2.17. The average Bonchev–Trinajstić information content (AvgIpc) is 3.73. The van der Waals surface area contributed by atoms with Crippen molar-refractivity contribution >= 4 is 64.9 Å². The summed E-state index contributed by atoms with van der Waals surface area (Å²) in [5.74, 6) is 0. The van der Waals surface area contributed by atoms with Crippen LogP contribution in [0.3, 0.4) is 0 Å². The number of rotatable bonds is 6. The SMILES string of the molecule is N#Cc1ccc2c3c1ccc1c(-c4ccc(-c5cc6c7ccccc7c(-c7cc(-c8ccccn8)cc(-c8ccccn8)c7)cc6c6ccccc56)cc4)ccc(c13)n2-c1ccccc1. The molecule has 0 spiro atoms. The number of hydrogen-bond acceptors (Lipinski definition) is 3. The summed E-state index contributed by atoms with van der Waals surface area (Å²) in [6, 6.07) is 76.2. The molecular weight excluding hydrogens is 789 g/mol. The van der Waals surface area contributed by atoms with Crippen LogP contribution < -0.4 is 0 Å². The van der Waals surface area contributed by atoms with Gasteiger partial charge in [0.25, 0.3) is 0 Å². The third kappa shape index (κ3) is 5.77. The molecule has 3 aromatic heterocycles. The van der Waals surface area contributed by atoms with Gasteiger partial charge in [0.1, 0.15) is 0 Å². The highest BCUT2D eigenvalue weighted by Gasteiger charge is 2.21. The second-order valence-electron chi connectivity index (χ2n) is 16.8. The number of pyridine rings is 2. The van der Waals surface area contributed by atoms with Crippen LogP contribution in [0.1, 0.15) is 5.56 Å². The molecule has 0 aliphatic carbocycles. The fourth-order valence-corrected chi connectivity index (χ4v) is 10.4. The summed E-state index contributed by atoms with van der Waals surface area (Å²) in [4.78, 5) is 9.50. The highest BCUT2D eigenvalue weighted by Crippen LogP contribution is 2.46. The van der Waals surface area contributed by atoms with Crippen molar-refractivity contribution < 1.29 is 0 Å². The maximum Gasteiger partial charge on any atom is 0.0998 e. The molecule has 0 unspecified atom stereocenters. The fraction of sp³-hybridized carbons (Fsp3) is 0. The summed E-state index contributed by atoms with van der Waals surface area (Å²) in [5.41, 5.74) is 14.9. The summed E-state index contributed by atoms with van der Waals surface area (Å²) < 4.78 is 2.33. The Balaban J connectivity index is 0.974. The van der Waals surface area contributed by atoms with Crippen LogP contribution in [0.4, 0.5) is 0 Å². The number of nitriles is 1. The molecule has 0 amide bonds. The molecule has 300 valence electrons. The van der Waals surface area contributed by atoms with Gasteiger partial charge in [0, 0.05) is 45.4 Å². The van der Waals surface area contributed by atoms with E-state index in [1.165, 1.54) is 59.8 Å². The molecular formula is C61H36N4. The lowest BCUT2D eigenvalue weighted by Crippen LogP contribution is -1.93. The van der Waals surface area contributed by atoms with E-state index in [-0.39, 0.29) is 0 Å². The first-order valence-electron chi connectivity index (χ1n) is 21.9. The first kappa shape index (κ1) is 36.7. The minimum atomic E-state index is 0.692. The third-order valence-corrected chi connectivity index (χ3v) is 13.3. The fourth-order valence-electron chi connectivity index (χ4n) is 10.4. The molecule has 10 aromatic carbocycles. The maximum atomic E-state index is 10.1. The van der Waals surface area contributed by atoms with Crippen molar-refractivity contribution in [2.24, 2.45) is 0 Å². The van der Waals surface area contributed by atoms with Crippen molar-refractivity contribution in [2.75, 3.05) is 0 Å². The lowest BCUT2D eigenvalue weighted by atomic mass is 9.86. The Morgan fingerprint density at radius 3 is 1.42 bits per heavy atom. The Hall–Kier alpha value is -8.91. The van der Waals surface area contributed by atoms with E-state index in [0.29, 0.717) is 5.56 Å². The highest BCUT2D eigenvalue weighted by atomic mass is 15.0. The number of fused-ring (bicyclic) bond motifs is 5. The molecule has 0 bridgehead atoms. The summed E-state index contributed by atoms with van der Waals surface area (Å²) in [5, 5.41) is 21.8. The van der Waals surface area contributed by atoms with Crippen molar-refractivity contribution in [3.63, 3.8) is 0 Å². The predicted molar refractivity (Wildman–Crippen MR) is 269 cm³/mol. The van der Waals surface area contributed by atoms with Crippen LogP contribution >= 0.6 is 0 Å². The molecule has 0 saturated carbocycles. The van der Waals surface area contributed by atoms with Crippen LogP contribution in [-0.2, 0) is 0 Å². The van der Waals surface area contributed by atoms with Crippen LogP contribution in [0.15, 0.2) is 219 Å². The predicted octanol–water partition coefficient (Wildman–Crippen LogP) is 15.8. The number of hydrogen-bond donors (Lipinski definition) is 0. The van der Waals surface area contributed by atoms with Crippen molar-refractivity contribution in [3.8, 4) is 67.7 Å². The summed E-state index contributed by atoms with van der Waals surface area (Å²) >= 11 is 0. The van der Waals surface area contributed by atoms with Crippen LogP contribution in [0, 0.1) is 11.3 Å². The van der Waals surface area contributed by atoms with E-state index in [0.717, 1.165) is 66.7 Å². The van der Waals surface area contributed by atoms with E-state index in [1.54, 1.807) is 0 Å². The highest BCUT2D eigenvalue weighted by molar-refractivity contribution is 6.28. The average molecular weight is 825 g/mol. The maximum absolute atomic E-state index is 10.1. The summed E-state index contributed by atoms with van der Waals surface area (Å²) in [6.07, 6.45) is 3.71. The zero-order chi connectivity index (χ0) is 43.0. The molecule has 0 radical (unpaired) electrons. The molecule has 0 aliphatic heterocycles. The van der Waals surface area contributed by atoms with Gasteiger partial charge in [-0.2, -0.15) is 5.26 Å². The molecule has 0 aliphatic rings. The smallest absolute Gasteiger partial charge is 0.0998 e. The van der Waals surface area contributed by atoms with Gasteiger partial charge < -0.3 is 4.57 Å². The topological polar surface area (TPSA) is 54.5 Å². The second kappa shape index (κ2) is 14.6. The van der Waals surface area contributed by atoms with E-state index in [1.807, 2.05) is 48.8 Å². The van der Waals surface area contributed by atoms with Gasteiger partial charge in [-0.1, -0.05) is 121 Å². The van der Waals surface area contributed by atoms with Gasteiger partial charge in [-0.05, 0) is 156 Å². The molecule has 13 rings (SSSR count). The van der Waals surface area contributed by atoms with Crippen molar-refractivity contribution in [1.29, 1.82) is 5.26 Å². The first-order valence-corrected chi connectivity index (χ1v) is 21.9. The molecule has 3 heterocycles. The van der Waals surface area contributed by atoms with Gasteiger partial charge in [-0.25, -0.2) is 0 Å². The standard InChI is InChI=1S/C61H36N4/c62-37-40-24-28-58-60-46(40)25-26-51-45(27-29-59(61(51)60)65(58)44-12-2-1-3-13-44)38-20-22-39(23-21-38)52-35-54-50-17-7-5-15-48(50)53(36-55(54)49-16-6-4-14-47(49)52)41-32-42(56-18-8-10-30-63-56)34-43(33-41)57-19-9-11-31-64-57/h1-36H. The minimum absolute atomic E-state index is 0.692. The lowest BCUT2D eigenvalue weighted by molar-refractivity contribution is 1.18. The Kier molecular flexibility index (Phi) is 8.24. The van der Waals surface area contributed by atoms with Crippen molar-refractivity contribution in [1.82, 2.24) is 14.5 Å². The van der Waals surface area contributed by atoms with Gasteiger partial charge >= 0.3 is 0 Å². The Morgan fingerprint density at radius 1 is 0.338 bits per heavy atom. The second-order valence-corrected chi connectivity index (χ2v) is 16.8. The van der Waals surface area contributed by atoms with Gasteiger partial charge in [-0.15, -0.1) is 0 Å². The molecule has 4 nitrogen and oxygen atoms in total. The van der Waals surface area contributed by atoms with E-state index in [2.05, 4.69) is 180 Å². The Morgan fingerprint density at radius 2 is 0.831 bits per heavy atom. The van der Waals surface area contributed by atoms with Gasteiger partial charge in [0.15, 0.2) is 0 Å². The van der Waals surface area contributed by atoms with Crippen molar-refractivity contribution in [2.45, 2.75) is 0 Å². The van der Waals surface area contributed by atoms with Crippen LogP contribution in [0.5, 0.6) is 0 Å². The van der Waals surface area contributed by atoms with Crippen LogP contribution in [-0.4, -0.2) is 14.5 Å². The molecule has 0 saturated heterocycles. The minimum Gasteiger partial charge on any atom is -0.309 e. The monoisotopic (exact) mass is 824 g/mol. The summed E-state index contributed by atoms with van der Waals surface area (Å²) in [6.45, 7) is 0. The Bertz CT molecular complexity index is 3980. The van der Waals surface area contributed by atoms with Gasteiger partial charge in [0.2, 0.25) is 0 Å². The molecule has 0 atom stereocenters. The zero-order valence-electron chi connectivity index (χ0n) is 35.1. The first-order chi connectivity index (χ1) is 32.2. The number of benzene rings is 10. The summed E-state index contributed by atoms with van der Waals surface area (Å²) in [7, 11) is 0. The van der Waals surface area contributed by atoms with E-state index < -0.39 is 0 Å². The van der Waals surface area contributed by atoms with Crippen LogP contribution in [0.2, 0.25) is 0 Å². The molecule has 4 heteroatoms. The Labute approximate surface area is 374 Å². The normalized spacial score (nSPS) is 11.7. The number of aromatic nitrogens is 3. The quantitative estimate of drug-likeness (QED) is 0.157. The largest absolute Gasteiger partial charge is 0.309 e. The van der Waals surface area contributed by atoms with Crippen molar-refractivity contribution in [3.05, 3.63) is 224 Å². The number of para-hydroxylation sites is 1. The molecule has 0 N–H and O–H groups in total.